The largest absolute Gasteiger partial charge is 0.377 e. The van der Waals surface area contributed by atoms with E-state index in [1.807, 2.05) is 6.92 Å². The van der Waals surface area contributed by atoms with Crippen molar-refractivity contribution in [3.63, 3.8) is 0 Å². The minimum atomic E-state index is -0.882. The van der Waals surface area contributed by atoms with E-state index in [0.717, 1.165) is 44.9 Å². The second kappa shape index (κ2) is 5.24. The zero-order valence-corrected chi connectivity index (χ0v) is 17.3. The Labute approximate surface area is 168 Å². The molecule has 4 aliphatic carbocycles. The summed E-state index contributed by atoms with van der Waals surface area (Å²) in [4.78, 5) is 0. The number of hydrogen-bond donors (Lipinski definition) is 1. The van der Waals surface area contributed by atoms with Crippen LogP contribution < -0.4 is 0 Å². The van der Waals surface area contributed by atoms with E-state index in [1.165, 1.54) is 5.57 Å². The Bertz CT molecular complexity index is 816. The predicted octanol–water partition coefficient (Wildman–Crippen LogP) is 3.58. The summed E-state index contributed by atoms with van der Waals surface area (Å²) in [6.07, 6.45) is 9.45. The minimum Gasteiger partial charge on any atom is -0.377 e. The number of allylic oxidation sites excluding steroid dienone is 1. The van der Waals surface area contributed by atoms with E-state index in [9.17, 15) is 5.11 Å². The molecule has 28 heavy (non-hydrogen) atoms. The number of rotatable bonds is 0. The molecule has 4 nitrogen and oxygen atoms in total. The van der Waals surface area contributed by atoms with Gasteiger partial charge in [-0.15, -0.1) is 5.92 Å². The number of fused-ring (bicyclic) bond motifs is 3. The van der Waals surface area contributed by atoms with Gasteiger partial charge in [0.25, 0.3) is 0 Å². The minimum absolute atomic E-state index is 0.0740. The van der Waals surface area contributed by atoms with Gasteiger partial charge in [-0.1, -0.05) is 25.8 Å². The SMILES string of the molecule is CC#C[C@]1(O)[C@H](C)CC2C3CC[C@@]45CC6(CC[C@@]4(O5)C3=CC[C@@]21C)OCCO6. The topological polar surface area (TPSA) is 51.2 Å². The molecule has 2 saturated heterocycles. The van der Waals surface area contributed by atoms with E-state index in [-0.39, 0.29) is 22.5 Å². The van der Waals surface area contributed by atoms with Crippen molar-refractivity contribution in [2.24, 2.45) is 23.2 Å². The molecule has 6 rings (SSSR count). The molecule has 0 bridgehead atoms. The first kappa shape index (κ1) is 18.0. The summed E-state index contributed by atoms with van der Waals surface area (Å²) in [5, 5.41) is 11.6. The Morgan fingerprint density at radius 3 is 2.71 bits per heavy atom. The van der Waals surface area contributed by atoms with Gasteiger partial charge >= 0.3 is 0 Å². The van der Waals surface area contributed by atoms with Gasteiger partial charge in [-0.2, -0.15) is 0 Å². The first-order valence-electron chi connectivity index (χ1n) is 11.2. The molecule has 0 radical (unpaired) electrons. The van der Waals surface area contributed by atoms with Gasteiger partial charge in [-0.3, -0.25) is 0 Å². The quantitative estimate of drug-likeness (QED) is 0.394. The van der Waals surface area contributed by atoms with Gasteiger partial charge in [0.1, 0.15) is 16.8 Å². The lowest BCUT2D eigenvalue weighted by Crippen LogP contribution is -2.54. The molecule has 4 heteroatoms. The maximum Gasteiger partial charge on any atom is 0.171 e. The highest BCUT2D eigenvalue weighted by Crippen LogP contribution is 2.74. The number of aliphatic hydroxyl groups is 1. The Morgan fingerprint density at radius 1 is 1.18 bits per heavy atom. The van der Waals surface area contributed by atoms with Crippen LogP contribution >= 0.6 is 0 Å². The third-order valence-electron chi connectivity index (χ3n) is 9.57. The van der Waals surface area contributed by atoms with E-state index < -0.39 is 11.4 Å². The summed E-state index contributed by atoms with van der Waals surface area (Å²) in [5.41, 5.74) is 0.332. The summed E-state index contributed by atoms with van der Waals surface area (Å²) in [6, 6.07) is 0. The van der Waals surface area contributed by atoms with Crippen LogP contribution in [0.2, 0.25) is 0 Å². The summed E-state index contributed by atoms with van der Waals surface area (Å²) >= 11 is 0. The average Bonchev–Trinajstić information content (AvgIpc) is 3.07. The average molecular weight is 385 g/mol. The third kappa shape index (κ3) is 1.84. The Morgan fingerprint density at radius 2 is 1.96 bits per heavy atom. The van der Waals surface area contributed by atoms with Crippen molar-refractivity contribution in [1.82, 2.24) is 0 Å². The van der Waals surface area contributed by atoms with Crippen LogP contribution in [0.25, 0.3) is 0 Å². The van der Waals surface area contributed by atoms with Crippen LogP contribution in [-0.2, 0) is 14.2 Å². The van der Waals surface area contributed by atoms with Gasteiger partial charge in [-0.25, -0.2) is 0 Å². The van der Waals surface area contributed by atoms with Crippen molar-refractivity contribution in [1.29, 1.82) is 0 Å². The zero-order chi connectivity index (χ0) is 19.4. The summed E-state index contributed by atoms with van der Waals surface area (Å²) < 4.78 is 18.7. The van der Waals surface area contributed by atoms with Crippen LogP contribution in [0, 0.1) is 35.0 Å². The van der Waals surface area contributed by atoms with Gasteiger partial charge in [0.2, 0.25) is 0 Å². The van der Waals surface area contributed by atoms with E-state index in [0.29, 0.717) is 25.0 Å². The molecular weight excluding hydrogens is 352 g/mol. The Kier molecular flexibility index (Phi) is 3.36. The fourth-order valence-corrected chi connectivity index (χ4v) is 8.14. The number of hydrogen-bond acceptors (Lipinski definition) is 4. The molecular formula is C24H32O4. The highest BCUT2D eigenvalue weighted by atomic mass is 16.7. The van der Waals surface area contributed by atoms with E-state index in [1.54, 1.807) is 0 Å². The number of ether oxygens (including phenoxy) is 3. The van der Waals surface area contributed by atoms with Crippen LogP contribution in [0.3, 0.4) is 0 Å². The van der Waals surface area contributed by atoms with Crippen LogP contribution in [0.4, 0.5) is 0 Å². The van der Waals surface area contributed by atoms with E-state index >= 15 is 0 Å². The normalized spacial score (nSPS) is 55.3. The summed E-state index contributed by atoms with van der Waals surface area (Å²) in [7, 11) is 0. The Balaban J connectivity index is 1.36. The molecule has 3 saturated carbocycles. The lowest BCUT2D eigenvalue weighted by molar-refractivity contribution is -0.185. The molecule has 0 aromatic heterocycles. The second-order valence-corrected chi connectivity index (χ2v) is 10.5. The molecule has 2 aliphatic heterocycles. The van der Waals surface area contributed by atoms with Crippen LogP contribution in [-0.4, -0.2) is 40.9 Å². The van der Waals surface area contributed by atoms with E-state index in [2.05, 4.69) is 31.8 Å². The molecule has 1 N–H and O–H groups in total. The maximum absolute atomic E-state index is 11.6. The maximum atomic E-state index is 11.6. The van der Waals surface area contributed by atoms with Gasteiger partial charge in [0.15, 0.2) is 5.79 Å². The van der Waals surface area contributed by atoms with Crippen molar-refractivity contribution >= 4 is 0 Å². The van der Waals surface area contributed by atoms with Gasteiger partial charge in [0.05, 0.1) is 13.2 Å². The molecule has 2 heterocycles. The first-order valence-corrected chi connectivity index (χ1v) is 11.2. The molecule has 152 valence electrons. The number of epoxide rings is 1. The molecule has 5 fully saturated rings. The van der Waals surface area contributed by atoms with Crippen LogP contribution in [0.15, 0.2) is 11.6 Å². The van der Waals surface area contributed by atoms with Gasteiger partial charge < -0.3 is 19.3 Å². The first-order chi connectivity index (χ1) is 13.3. The van der Waals surface area contributed by atoms with Crippen LogP contribution in [0.1, 0.15) is 65.7 Å². The lowest BCUT2D eigenvalue weighted by atomic mass is 9.53. The fourth-order valence-electron chi connectivity index (χ4n) is 8.14. The van der Waals surface area contributed by atoms with Gasteiger partial charge in [-0.05, 0) is 62.4 Å². The molecule has 1 spiro atoms. The standard InChI is InChI=1S/C24H32O4/c1-4-7-23(25)16(2)14-19-17-5-9-21-15-22(26-12-13-27-22)10-11-24(21,28-21)18(17)6-8-20(19,23)3/h6,16-17,19,25H,5,8-15H2,1-3H3/t16-,17?,19?,20+,21-,23+,24-/m1/s1. The molecule has 0 amide bonds. The molecule has 0 aromatic rings. The zero-order valence-electron chi connectivity index (χ0n) is 17.3. The highest BCUT2D eigenvalue weighted by Gasteiger charge is 2.79. The van der Waals surface area contributed by atoms with Crippen molar-refractivity contribution < 1.29 is 19.3 Å². The lowest BCUT2D eigenvalue weighted by Gasteiger charge is -2.51. The summed E-state index contributed by atoms with van der Waals surface area (Å²) in [6.45, 7) is 7.74. The fraction of sp³-hybridized carbons (Fsp3) is 0.833. The van der Waals surface area contributed by atoms with Crippen molar-refractivity contribution in [2.45, 2.75) is 88.3 Å². The molecule has 0 aromatic carbocycles. The third-order valence-corrected chi connectivity index (χ3v) is 9.57. The van der Waals surface area contributed by atoms with E-state index in [4.69, 9.17) is 14.2 Å². The van der Waals surface area contributed by atoms with Gasteiger partial charge in [0, 0.05) is 18.3 Å². The highest BCUT2D eigenvalue weighted by molar-refractivity contribution is 5.44. The predicted molar refractivity (Wildman–Crippen MR) is 104 cm³/mol. The monoisotopic (exact) mass is 384 g/mol. The van der Waals surface area contributed by atoms with Crippen molar-refractivity contribution in [2.75, 3.05) is 13.2 Å². The summed E-state index contributed by atoms with van der Waals surface area (Å²) in [5.74, 6) is 7.07. The smallest absolute Gasteiger partial charge is 0.171 e. The molecule has 7 atom stereocenters. The molecule has 2 unspecified atom stereocenters. The molecule has 6 aliphatic rings. The van der Waals surface area contributed by atoms with Crippen molar-refractivity contribution in [3.05, 3.63) is 11.6 Å². The van der Waals surface area contributed by atoms with Crippen molar-refractivity contribution in [3.8, 4) is 11.8 Å². The second-order valence-electron chi connectivity index (χ2n) is 10.5. The van der Waals surface area contributed by atoms with Crippen LogP contribution in [0.5, 0.6) is 0 Å². The Hall–Kier alpha value is -0.860.